The molecule has 0 saturated carbocycles. The van der Waals surface area contributed by atoms with Gasteiger partial charge in [0.1, 0.15) is 6.10 Å². The first kappa shape index (κ1) is 9.60. The minimum atomic E-state index is -0.128. The lowest BCUT2D eigenvalue weighted by atomic mass is 10.0. The van der Waals surface area contributed by atoms with Crippen molar-refractivity contribution in [2.75, 3.05) is 32.8 Å². The zero-order valence-electron chi connectivity index (χ0n) is 8.95. The number of amides is 1. The van der Waals surface area contributed by atoms with E-state index >= 15 is 0 Å². The number of hydrogen-bond acceptors (Lipinski definition) is 3. The van der Waals surface area contributed by atoms with Crippen LogP contribution in [0.4, 0.5) is 0 Å². The maximum Gasteiger partial charge on any atom is 0.251 e. The summed E-state index contributed by atoms with van der Waals surface area (Å²) in [6.07, 6.45) is 1.83. The van der Waals surface area contributed by atoms with E-state index in [1.807, 2.05) is 4.90 Å². The van der Waals surface area contributed by atoms with Crippen molar-refractivity contribution in [2.45, 2.75) is 18.9 Å². The van der Waals surface area contributed by atoms with E-state index in [4.69, 9.17) is 4.74 Å². The second-order valence-electron chi connectivity index (χ2n) is 4.92. The van der Waals surface area contributed by atoms with Crippen LogP contribution in [-0.4, -0.2) is 49.7 Å². The van der Waals surface area contributed by atoms with Crippen LogP contribution >= 0.6 is 0 Å². The van der Waals surface area contributed by atoms with Crippen molar-refractivity contribution in [1.82, 2.24) is 10.2 Å². The average molecular weight is 210 g/mol. The van der Waals surface area contributed by atoms with Crippen LogP contribution in [0.1, 0.15) is 12.8 Å². The molecule has 15 heavy (non-hydrogen) atoms. The van der Waals surface area contributed by atoms with Crippen molar-refractivity contribution in [3.05, 3.63) is 0 Å². The second-order valence-corrected chi connectivity index (χ2v) is 4.92. The van der Waals surface area contributed by atoms with Crippen molar-refractivity contribution in [3.63, 3.8) is 0 Å². The molecule has 4 heteroatoms. The Balaban J connectivity index is 1.61. The van der Waals surface area contributed by atoms with E-state index in [1.165, 1.54) is 0 Å². The van der Waals surface area contributed by atoms with Crippen LogP contribution in [0.2, 0.25) is 0 Å². The van der Waals surface area contributed by atoms with Crippen molar-refractivity contribution in [1.29, 1.82) is 0 Å². The third-order valence-electron chi connectivity index (χ3n) is 3.91. The normalized spacial score (nSPS) is 39.7. The Labute approximate surface area is 90.0 Å². The third kappa shape index (κ3) is 1.66. The summed E-state index contributed by atoms with van der Waals surface area (Å²) in [5, 5.41) is 3.38. The van der Waals surface area contributed by atoms with Gasteiger partial charge in [-0.3, -0.25) is 4.79 Å². The molecule has 0 bridgehead atoms. The molecule has 0 aromatic rings. The van der Waals surface area contributed by atoms with Crippen LogP contribution in [0.25, 0.3) is 0 Å². The van der Waals surface area contributed by atoms with Gasteiger partial charge in [-0.15, -0.1) is 0 Å². The van der Waals surface area contributed by atoms with Crippen LogP contribution in [0, 0.1) is 11.8 Å². The number of nitrogens with zero attached hydrogens (tertiary/aromatic N) is 1. The fraction of sp³-hybridized carbons (Fsp3) is 0.909. The van der Waals surface area contributed by atoms with Gasteiger partial charge in [-0.25, -0.2) is 0 Å². The van der Waals surface area contributed by atoms with Crippen molar-refractivity contribution >= 4 is 5.91 Å². The van der Waals surface area contributed by atoms with Crippen LogP contribution < -0.4 is 5.32 Å². The predicted molar refractivity (Wildman–Crippen MR) is 55.4 cm³/mol. The van der Waals surface area contributed by atoms with Gasteiger partial charge in [0, 0.05) is 32.8 Å². The minimum absolute atomic E-state index is 0.128. The van der Waals surface area contributed by atoms with Gasteiger partial charge in [0.15, 0.2) is 0 Å². The standard InChI is InChI=1S/C11H18N2O2/c14-11(10-2-1-3-15-10)13-6-8-4-12-5-9(8)7-13/h8-10,12H,1-7H2/t8-,9+,10-/m0/s1. The molecule has 3 aliphatic heterocycles. The molecule has 4 nitrogen and oxygen atoms in total. The molecular formula is C11H18N2O2. The van der Waals surface area contributed by atoms with Gasteiger partial charge < -0.3 is 15.0 Å². The van der Waals surface area contributed by atoms with E-state index in [1.54, 1.807) is 0 Å². The van der Waals surface area contributed by atoms with E-state index < -0.39 is 0 Å². The van der Waals surface area contributed by atoms with E-state index in [-0.39, 0.29) is 12.0 Å². The number of fused-ring (bicyclic) bond motifs is 1. The molecule has 3 heterocycles. The number of nitrogens with one attached hydrogen (secondary N) is 1. The van der Waals surface area contributed by atoms with Crippen LogP contribution in [-0.2, 0) is 9.53 Å². The molecule has 1 amide bonds. The number of hydrogen-bond donors (Lipinski definition) is 1. The lowest BCUT2D eigenvalue weighted by Gasteiger charge is -2.20. The third-order valence-corrected chi connectivity index (χ3v) is 3.91. The number of rotatable bonds is 1. The topological polar surface area (TPSA) is 41.6 Å². The summed E-state index contributed by atoms with van der Waals surface area (Å²) in [5.41, 5.74) is 0. The molecule has 0 radical (unpaired) electrons. The largest absolute Gasteiger partial charge is 0.368 e. The van der Waals surface area contributed by atoms with Crippen molar-refractivity contribution in [2.24, 2.45) is 11.8 Å². The summed E-state index contributed by atoms with van der Waals surface area (Å²) < 4.78 is 5.44. The fourth-order valence-electron chi connectivity index (χ4n) is 3.01. The predicted octanol–water partition coefficient (Wildman–Crippen LogP) is -0.157. The highest BCUT2D eigenvalue weighted by Gasteiger charge is 2.40. The smallest absolute Gasteiger partial charge is 0.251 e. The second kappa shape index (κ2) is 3.76. The highest BCUT2D eigenvalue weighted by molar-refractivity contribution is 5.81. The molecule has 0 aromatic heterocycles. The van der Waals surface area contributed by atoms with E-state index in [9.17, 15) is 4.79 Å². The van der Waals surface area contributed by atoms with Gasteiger partial charge in [0.2, 0.25) is 0 Å². The van der Waals surface area contributed by atoms with Gasteiger partial charge in [0.25, 0.3) is 5.91 Å². The molecule has 3 rings (SSSR count). The lowest BCUT2D eigenvalue weighted by molar-refractivity contribution is -0.140. The highest BCUT2D eigenvalue weighted by Crippen LogP contribution is 2.28. The molecule has 3 fully saturated rings. The lowest BCUT2D eigenvalue weighted by Crippen LogP contribution is -2.38. The maximum absolute atomic E-state index is 12.1. The quantitative estimate of drug-likeness (QED) is 0.654. The summed E-state index contributed by atoms with van der Waals surface area (Å²) in [4.78, 5) is 14.1. The zero-order valence-corrected chi connectivity index (χ0v) is 8.95. The summed E-state index contributed by atoms with van der Waals surface area (Å²) >= 11 is 0. The monoisotopic (exact) mass is 210 g/mol. The summed E-state index contributed by atoms with van der Waals surface area (Å²) in [6.45, 7) is 4.81. The maximum atomic E-state index is 12.1. The molecular weight excluding hydrogens is 192 g/mol. The molecule has 0 aliphatic carbocycles. The Hall–Kier alpha value is -0.610. The van der Waals surface area contributed by atoms with E-state index in [2.05, 4.69) is 5.32 Å². The minimum Gasteiger partial charge on any atom is -0.368 e. The Bertz CT molecular complexity index is 251. The van der Waals surface area contributed by atoms with E-state index in [0.29, 0.717) is 11.8 Å². The first-order chi connectivity index (χ1) is 7.34. The summed E-state index contributed by atoms with van der Waals surface area (Å²) in [7, 11) is 0. The first-order valence-electron chi connectivity index (χ1n) is 5.95. The number of ether oxygens (including phenoxy) is 1. The van der Waals surface area contributed by atoms with Crippen LogP contribution in [0.5, 0.6) is 0 Å². The summed E-state index contributed by atoms with van der Waals surface area (Å²) in [6, 6.07) is 0. The SMILES string of the molecule is O=C([C@@H]1CCCO1)N1C[C@H]2CNC[C@H]2C1. The Morgan fingerprint density at radius 2 is 2.00 bits per heavy atom. The molecule has 3 atom stereocenters. The molecule has 1 N–H and O–H groups in total. The van der Waals surface area contributed by atoms with Gasteiger partial charge in [-0.1, -0.05) is 0 Å². The van der Waals surface area contributed by atoms with Crippen molar-refractivity contribution < 1.29 is 9.53 Å². The Morgan fingerprint density at radius 1 is 1.27 bits per heavy atom. The molecule has 3 saturated heterocycles. The Kier molecular flexibility index (Phi) is 2.41. The number of carbonyl (C=O) groups excluding carboxylic acids is 1. The van der Waals surface area contributed by atoms with Gasteiger partial charge in [-0.2, -0.15) is 0 Å². The van der Waals surface area contributed by atoms with Crippen LogP contribution in [0.3, 0.4) is 0 Å². The van der Waals surface area contributed by atoms with Gasteiger partial charge >= 0.3 is 0 Å². The molecule has 84 valence electrons. The number of carbonyl (C=O) groups is 1. The molecule has 0 aromatic carbocycles. The fourth-order valence-corrected chi connectivity index (χ4v) is 3.01. The van der Waals surface area contributed by atoms with Crippen molar-refractivity contribution in [3.8, 4) is 0 Å². The average Bonchev–Trinajstić information content (AvgIpc) is 2.92. The highest BCUT2D eigenvalue weighted by atomic mass is 16.5. The Morgan fingerprint density at radius 3 is 2.60 bits per heavy atom. The zero-order chi connectivity index (χ0) is 10.3. The van der Waals surface area contributed by atoms with E-state index in [0.717, 1.165) is 45.6 Å². The molecule has 0 spiro atoms. The van der Waals surface area contributed by atoms with Gasteiger partial charge in [0.05, 0.1) is 0 Å². The molecule has 0 unspecified atom stereocenters. The molecule has 3 aliphatic rings. The first-order valence-corrected chi connectivity index (χ1v) is 5.95. The summed E-state index contributed by atoms with van der Waals surface area (Å²) in [5.74, 6) is 1.62. The number of likely N-dealkylation sites (tertiary alicyclic amines) is 1. The van der Waals surface area contributed by atoms with Gasteiger partial charge in [-0.05, 0) is 24.7 Å². The van der Waals surface area contributed by atoms with Crippen LogP contribution in [0.15, 0.2) is 0 Å².